The average Bonchev–Trinajstić information content (AvgIpc) is 2.67. The number of ether oxygens (including phenoxy) is 3. The third-order valence-electron chi connectivity index (χ3n) is 4.05. The van der Waals surface area contributed by atoms with Crippen molar-refractivity contribution in [2.24, 2.45) is 0 Å². The number of carbonyl (C=O) groups is 1. The summed E-state index contributed by atoms with van der Waals surface area (Å²) in [7, 11) is 3.90. The molecule has 1 N–H and O–H groups in total. The van der Waals surface area contributed by atoms with Crippen LogP contribution < -0.4 is 19.5 Å². The molecule has 0 aliphatic heterocycles. The quantitative estimate of drug-likeness (QED) is 0.719. The van der Waals surface area contributed by atoms with Crippen LogP contribution >= 0.6 is 0 Å². The zero-order chi connectivity index (χ0) is 20.9. The van der Waals surface area contributed by atoms with Gasteiger partial charge in [0.2, 0.25) is 21.7 Å². The van der Waals surface area contributed by atoms with Gasteiger partial charge in [-0.2, -0.15) is 0 Å². The van der Waals surface area contributed by atoms with Gasteiger partial charge in [-0.05, 0) is 30.3 Å². The van der Waals surface area contributed by atoms with E-state index in [0.717, 1.165) is 4.31 Å². The van der Waals surface area contributed by atoms with Crippen LogP contribution in [0.25, 0.3) is 0 Å². The molecule has 0 fully saturated rings. The Kier molecular flexibility index (Phi) is 6.87. The highest BCUT2D eigenvalue weighted by atomic mass is 32.2. The summed E-state index contributed by atoms with van der Waals surface area (Å²) < 4.78 is 41.2. The number of nitrogens with one attached hydrogen (secondary N) is 1. The molecule has 0 heterocycles. The Morgan fingerprint density at radius 2 is 1.54 bits per heavy atom. The summed E-state index contributed by atoms with van der Waals surface area (Å²) in [5, 5.41) is 2.74. The van der Waals surface area contributed by atoms with Crippen LogP contribution in [0.15, 0.2) is 41.3 Å². The fourth-order valence-electron chi connectivity index (χ4n) is 2.60. The second kappa shape index (κ2) is 8.94. The molecule has 2 aromatic rings. The van der Waals surface area contributed by atoms with Crippen LogP contribution in [-0.2, 0) is 21.2 Å². The number of hydrogen-bond donors (Lipinski definition) is 1. The third-order valence-corrected chi connectivity index (χ3v) is 5.88. The Hall–Kier alpha value is -2.78. The van der Waals surface area contributed by atoms with Gasteiger partial charge in [0.1, 0.15) is 0 Å². The van der Waals surface area contributed by atoms with E-state index in [0.29, 0.717) is 28.5 Å². The third kappa shape index (κ3) is 4.55. The van der Waals surface area contributed by atoms with E-state index in [1.54, 1.807) is 24.3 Å². The molecule has 8 nitrogen and oxygen atoms in total. The molecular formula is C19H24N2O6S. The van der Waals surface area contributed by atoms with Crippen molar-refractivity contribution in [3.63, 3.8) is 0 Å². The van der Waals surface area contributed by atoms with Crippen LogP contribution in [0.3, 0.4) is 0 Å². The van der Waals surface area contributed by atoms with Crippen LogP contribution in [0.1, 0.15) is 5.56 Å². The fourth-order valence-corrected chi connectivity index (χ4v) is 3.50. The number of amides is 1. The minimum Gasteiger partial charge on any atom is -0.493 e. The monoisotopic (exact) mass is 408 g/mol. The summed E-state index contributed by atoms with van der Waals surface area (Å²) in [6.45, 7) is 0. The maximum Gasteiger partial charge on any atom is 0.242 e. The van der Waals surface area contributed by atoms with Crippen molar-refractivity contribution in [3.05, 3.63) is 42.0 Å². The normalized spacial score (nSPS) is 11.2. The smallest absolute Gasteiger partial charge is 0.242 e. The number of nitrogens with zero attached hydrogens (tertiary/aromatic N) is 1. The van der Waals surface area contributed by atoms with Crippen molar-refractivity contribution in [2.45, 2.75) is 11.3 Å². The molecule has 0 saturated heterocycles. The van der Waals surface area contributed by atoms with Gasteiger partial charge in [0.05, 0.1) is 32.6 Å². The molecule has 1 amide bonds. The number of benzene rings is 2. The van der Waals surface area contributed by atoms with Gasteiger partial charge in [0.25, 0.3) is 0 Å². The van der Waals surface area contributed by atoms with Gasteiger partial charge in [-0.3, -0.25) is 4.79 Å². The maximum atomic E-state index is 12.4. The van der Waals surface area contributed by atoms with E-state index < -0.39 is 10.0 Å². The SMILES string of the molecule is COc1ccc(CC(=O)Nc2ccc(S(=O)(=O)N(C)C)cc2)c(OC)c1OC. The molecule has 9 heteroatoms. The molecular weight excluding hydrogens is 384 g/mol. The molecule has 2 rings (SSSR count). The van der Waals surface area contributed by atoms with Gasteiger partial charge < -0.3 is 19.5 Å². The van der Waals surface area contributed by atoms with Gasteiger partial charge in [-0.15, -0.1) is 0 Å². The Morgan fingerprint density at radius 3 is 2.04 bits per heavy atom. The zero-order valence-electron chi connectivity index (χ0n) is 16.5. The van der Waals surface area contributed by atoms with E-state index in [-0.39, 0.29) is 17.2 Å². The van der Waals surface area contributed by atoms with Crippen LogP contribution in [0.5, 0.6) is 17.2 Å². The molecule has 0 aliphatic rings. The molecule has 0 spiro atoms. The van der Waals surface area contributed by atoms with E-state index in [2.05, 4.69) is 5.32 Å². The second-order valence-electron chi connectivity index (χ2n) is 6.03. The maximum absolute atomic E-state index is 12.4. The van der Waals surface area contributed by atoms with Crippen molar-refractivity contribution in [1.82, 2.24) is 4.31 Å². The molecule has 152 valence electrons. The lowest BCUT2D eigenvalue weighted by molar-refractivity contribution is -0.115. The molecule has 0 aliphatic carbocycles. The molecule has 28 heavy (non-hydrogen) atoms. The number of anilines is 1. The van der Waals surface area contributed by atoms with Crippen molar-refractivity contribution in [1.29, 1.82) is 0 Å². The fraction of sp³-hybridized carbons (Fsp3) is 0.316. The first-order valence-electron chi connectivity index (χ1n) is 8.34. The van der Waals surface area contributed by atoms with Crippen LogP contribution in [0, 0.1) is 0 Å². The minimum absolute atomic E-state index is 0.0429. The number of carbonyl (C=O) groups excluding carboxylic acids is 1. The summed E-state index contributed by atoms with van der Waals surface area (Å²) in [6.07, 6.45) is 0.0429. The molecule has 0 aromatic heterocycles. The highest BCUT2D eigenvalue weighted by molar-refractivity contribution is 7.89. The summed E-state index contributed by atoms with van der Waals surface area (Å²) in [5.41, 5.74) is 1.12. The van der Waals surface area contributed by atoms with Gasteiger partial charge >= 0.3 is 0 Å². The van der Waals surface area contributed by atoms with E-state index >= 15 is 0 Å². The zero-order valence-corrected chi connectivity index (χ0v) is 17.3. The van der Waals surface area contributed by atoms with E-state index in [4.69, 9.17) is 14.2 Å². The van der Waals surface area contributed by atoms with Crippen LogP contribution in [0.4, 0.5) is 5.69 Å². The Balaban J connectivity index is 2.17. The number of rotatable bonds is 8. The first-order chi connectivity index (χ1) is 13.2. The van der Waals surface area contributed by atoms with Gasteiger partial charge in [-0.1, -0.05) is 6.07 Å². The first kappa shape index (κ1) is 21.5. The molecule has 0 bridgehead atoms. The van der Waals surface area contributed by atoms with E-state index in [1.165, 1.54) is 47.6 Å². The molecule has 0 unspecified atom stereocenters. The topological polar surface area (TPSA) is 94.2 Å². The standard InChI is InChI=1S/C19H24N2O6S/c1-21(2)28(23,24)15-9-7-14(8-10-15)20-17(22)12-13-6-11-16(25-3)19(27-5)18(13)26-4/h6-11H,12H2,1-5H3,(H,20,22). The van der Waals surface area contributed by atoms with Crippen molar-refractivity contribution in [3.8, 4) is 17.2 Å². The Labute approximate surface area is 165 Å². The lowest BCUT2D eigenvalue weighted by Crippen LogP contribution is -2.22. The molecule has 0 radical (unpaired) electrons. The summed E-state index contributed by atoms with van der Waals surface area (Å²) in [5.74, 6) is 1.05. The minimum atomic E-state index is -3.52. The summed E-state index contributed by atoms with van der Waals surface area (Å²) in [4.78, 5) is 12.6. The summed E-state index contributed by atoms with van der Waals surface area (Å²) in [6, 6.07) is 9.40. The Morgan fingerprint density at radius 1 is 0.929 bits per heavy atom. The highest BCUT2D eigenvalue weighted by Crippen LogP contribution is 2.39. The molecule has 0 atom stereocenters. The second-order valence-corrected chi connectivity index (χ2v) is 8.18. The van der Waals surface area contributed by atoms with Gasteiger partial charge in [-0.25, -0.2) is 12.7 Å². The molecule has 2 aromatic carbocycles. The van der Waals surface area contributed by atoms with E-state index in [9.17, 15) is 13.2 Å². The predicted molar refractivity (Wildman–Crippen MR) is 106 cm³/mol. The molecule has 0 saturated carbocycles. The number of hydrogen-bond acceptors (Lipinski definition) is 6. The van der Waals surface area contributed by atoms with Crippen LogP contribution in [0.2, 0.25) is 0 Å². The summed E-state index contributed by atoms with van der Waals surface area (Å²) >= 11 is 0. The van der Waals surface area contributed by atoms with Gasteiger partial charge in [0.15, 0.2) is 11.5 Å². The predicted octanol–water partition coefficient (Wildman–Crippen LogP) is 2.14. The number of sulfonamides is 1. The first-order valence-corrected chi connectivity index (χ1v) is 9.78. The van der Waals surface area contributed by atoms with Crippen LogP contribution in [-0.4, -0.2) is 54.1 Å². The van der Waals surface area contributed by atoms with E-state index in [1.807, 2.05) is 0 Å². The highest BCUT2D eigenvalue weighted by Gasteiger charge is 2.19. The van der Waals surface area contributed by atoms with Crippen molar-refractivity contribution < 1.29 is 27.4 Å². The number of methoxy groups -OCH3 is 3. The van der Waals surface area contributed by atoms with Gasteiger partial charge in [0, 0.05) is 25.3 Å². The lowest BCUT2D eigenvalue weighted by atomic mass is 10.1. The van der Waals surface area contributed by atoms with Crippen molar-refractivity contribution >= 4 is 21.6 Å². The Bertz CT molecular complexity index is 940. The lowest BCUT2D eigenvalue weighted by Gasteiger charge is -2.16. The van der Waals surface area contributed by atoms with Crippen molar-refractivity contribution in [2.75, 3.05) is 40.7 Å². The largest absolute Gasteiger partial charge is 0.493 e. The average molecular weight is 408 g/mol.